The van der Waals surface area contributed by atoms with E-state index in [0.29, 0.717) is 36.2 Å². The fraction of sp³-hybridized carbons (Fsp3) is 0.333. The highest BCUT2D eigenvalue weighted by atomic mass is 16.2. The van der Waals surface area contributed by atoms with Gasteiger partial charge in [0, 0.05) is 45.7 Å². The van der Waals surface area contributed by atoms with Crippen molar-refractivity contribution in [3.8, 4) is 0 Å². The summed E-state index contributed by atoms with van der Waals surface area (Å²) in [5, 5.41) is 0. The average Bonchev–Trinajstić information content (AvgIpc) is 3.02. The number of benzene rings is 2. The summed E-state index contributed by atoms with van der Waals surface area (Å²) in [7, 11) is 3.41. The normalized spacial score (nSPS) is 12.7. The third-order valence-electron chi connectivity index (χ3n) is 5.37. The van der Waals surface area contributed by atoms with Crippen molar-refractivity contribution < 1.29 is 19.2 Å². The average molecular weight is 421 g/mol. The summed E-state index contributed by atoms with van der Waals surface area (Å²) >= 11 is 0. The second-order valence-electron chi connectivity index (χ2n) is 7.72. The van der Waals surface area contributed by atoms with Crippen LogP contribution >= 0.6 is 0 Å². The monoisotopic (exact) mass is 421 g/mol. The van der Waals surface area contributed by atoms with E-state index in [2.05, 4.69) is 0 Å². The highest BCUT2D eigenvalue weighted by Crippen LogP contribution is 2.22. The lowest BCUT2D eigenvalue weighted by atomic mass is 10.1. The molecule has 162 valence electrons. The number of carbonyl (C=O) groups excluding carboxylic acids is 4. The first kappa shape index (κ1) is 22.2. The van der Waals surface area contributed by atoms with Crippen LogP contribution in [0.2, 0.25) is 0 Å². The summed E-state index contributed by atoms with van der Waals surface area (Å²) in [6.45, 7) is 3.12. The second kappa shape index (κ2) is 9.55. The summed E-state index contributed by atoms with van der Waals surface area (Å²) in [5.41, 5.74) is 2.38. The minimum atomic E-state index is -0.298. The van der Waals surface area contributed by atoms with Crippen molar-refractivity contribution in [1.82, 2.24) is 14.7 Å². The van der Waals surface area contributed by atoms with Crippen molar-refractivity contribution in [2.75, 3.05) is 27.2 Å². The molecule has 1 heterocycles. The van der Waals surface area contributed by atoms with E-state index in [1.165, 1.54) is 9.80 Å². The van der Waals surface area contributed by atoms with Crippen molar-refractivity contribution in [3.05, 3.63) is 70.8 Å². The Kier molecular flexibility index (Phi) is 6.84. The van der Waals surface area contributed by atoms with Crippen molar-refractivity contribution in [2.45, 2.75) is 26.3 Å². The van der Waals surface area contributed by atoms with Crippen LogP contribution in [0.3, 0.4) is 0 Å². The van der Waals surface area contributed by atoms with Gasteiger partial charge in [-0.15, -0.1) is 0 Å². The van der Waals surface area contributed by atoms with E-state index in [9.17, 15) is 19.2 Å². The lowest BCUT2D eigenvalue weighted by Crippen LogP contribution is -2.33. The number of amides is 4. The molecule has 0 spiro atoms. The van der Waals surface area contributed by atoms with Gasteiger partial charge in [0.25, 0.3) is 17.7 Å². The summed E-state index contributed by atoms with van der Waals surface area (Å²) in [5.74, 6) is -0.698. The standard InChI is InChI=1S/C24H27N3O4/c1-4-26(16-17-11-13-18(14-12-17)22(29)25(2)3)21(28)10-7-15-27-23(30)19-8-5-6-9-20(19)24(27)31/h5-6,8-9,11-14H,4,7,10,15-16H2,1-3H3. The van der Waals surface area contributed by atoms with E-state index in [0.717, 1.165) is 5.56 Å². The molecule has 0 N–H and O–H groups in total. The summed E-state index contributed by atoms with van der Waals surface area (Å²) in [4.78, 5) is 54.0. The molecule has 2 aromatic rings. The fourth-order valence-electron chi connectivity index (χ4n) is 3.60. The first-order valence-corrected chi connectivity index (χ1v) is 10.4. The Morgan fingerprint density at radius 3 is 2.00 bits per heavy atom. The van der Waals surface area contributed by atoms with Crippen LogP contribution in [0.15, 0.2) is 48.5 Å². The third kappa shape index (κ3) is 4.82. The molecule has 0 saturated carbocycles. The molecule has 4 amide bonds. The number of carbonyl (C=O) groups is 4. The van der Waals surface area contributed by atoms with Gasteiger partial charge in [0.2, 0.25) is 5.91 Å². The van der Waals surface area contributed by atoms with Gasteiger partial charge in [0.05, 0.1) is 11.1 Å². The predicted octanol–water partition coefficient (Wildman–Crippen LogP) is 2.81. The van der Waals surface area contributed by atoms with Crippen molar-refractivity contribution >= 4 is 23.6 Å². The molecule has 0 fully saturated rings. The summed E-state index contributed by atoms with van der Waals surface area (Å²) in [6, 6.07) is 14.0. The van der Waals surface area contributed by atoms with E-state index in [-0.39, 0.29) is 36.6 Å². The Bertz CT molecular complexity index is 963. The molecule has 0 atom stereocenters. The van der Waals surface area contributed by atoms with Gasteiger partial charge in [-0.3, -0.25) is 24.1 Å². The van der Waals surface area contributed by atoms with Gasteiger partial charge in [-0.2, -0.15) is 0 Å². The van der Waals surface area contributed by atoms with Crippen LogP contribution in [0.25, 0.3) is 0 Å². The second-order valence-corrected chi connectivity index (χ2v) is 7.72. The topological polar surface area (TPSA) is 78.0 Å². The Morgan fingerprint density at radius 1 is 0.903 bits per heavy atom. The summed E-state index contributed by atoms with van der Waals surface area (Å²) in [6.07, 6.45) is 0.662. The number of nitrogens with zero attached hydrogens (tertiary/aromatic N) is 3. The minimum Gasteiger partial charge on any atom is -0.345 e. The van der Waals surface area contributed by atoms with Crippen molar-refractivity contribution in [2.24, 2.45) is 0 Å². The molecular weight excluding hydrogens is 394 g/mol. The van der Waals surface area contributed by atoms with Crippen LogP contribution in [0.1, 0.15) is 56.4 Å². The molecule has 0 radical (unpaired) electrons. The molecule has 0 aliphatic carbocycles. The maximum Gasteiger partial charge on any atom is 0.261 e. The lowest BCUT2D eigenvalue weighted by Gasteiger charge is -2.22. The van der Waals surface area contributed by atoms with E-state index in [1.54, 1.807) is 55.4 Å². The van der Waals surface area contributed by atoms with Crippen LogP contribution < -0.4 is 0 Å². The molecule has 3 rings (SSSR count). The van der Waals surface area contributed by atoms with E-state index in [1.807, 2.05) is 19.1 Å². The molecule has 0 unspecified atom stereocenters. The molecule has 31 heavy (non-hydrogen) atoms. The Labute approximate surface area is 182 Å². The van der Waals surface area contributed by atoms with Gasteiger partial charge in [0.15, 0.2) is 0 Å². The van der Waals surface area contributed by atoms with E-state index < -0.39 is 0 Å². The first-order valence-electron chi connectivity index (χ1n) is 10.4. The smallest absolute Gasteiger partial charge is 0.261 e. The maximum atomic E-state index is 12.7. The zero-order valence-electron chi connectivity index (χ0n) is 18.1. The van der Waals surface area contributed by atoms with Crippen LogP contribution in [-0.4, -0.2) is 65.5 Å². The van der Waals surface area contributed by atoms with Crippen molar-refractivity contribution in [3.63, 3.8) is 0 Å². The largest absolute Gasteiger partial charge is 0.345 e. The number of hydrogen-bond donors (Lipinski definition) is 0. The molecule has 1 aliphatic rings. The quantitative estimate of drug-likeness (QED) is 0.614. The van der Waals surface area contributed by atoms with Crippen LogP contribution in [-0.2, 0) is 11.3 Å². The molecule has 7 heteroatoms. The molecule has 0 saturated heterocycles. The Hall–Kier alpha value is -3.48. The Morgan fingerprint density at radius 2 is 1.48 bits per heavy atom. The predicted molar refractivity (Wildman–Crippen MR) is 117 cm³/mol. The molecule has 0 bridgehead atoms. The fourth-order valence-corrected chi connectivity index (χ4v) is 3.60. The van der Waals surface area contributed by atoms with E-state index in [4.69, 9.17) is 0 Å². The number of fused-ring (bicyclic) bond motifs is 1. The van der Waals surface area contributed by atoms with Crippen molar-refractivity contribution in [1.29, 1.82) is 0 Å². The SMILES string of the molecule is CCN(Cc1ccc(C(=O)N(C)C)cc1)C(=O)CCCN1C(=O)c2ccccc2C1=O. The highest BCUT2D eigenvalue weighted by molar-refractivity contribution is 6.21. The highest BCUT2D eigenvalue weighted by Gasteiger charge is 2.34. The first-order chi connectivity index (χ1) is 14.8. The number of rotatable bonds is 8. The van der Waals surface area contributed by atoms with Gasteiger partial charge in [-0.05, 0) is 43.2 Å². The Balaban J connectivity index is 1.53. The van der Waals surface area contributed by atoms with Gasteiger partial charge in [0.1, 0.15) is 0 Å². The van der Waals surface area contributed by atoms with Gasteiger partial charge < -0.3 is 9.80 Å². The van der Waals surface area contributed by atoms with Crippen LogP contribution in [0, 0.1) is 0 Å². The van der Waals surface area contributed by atoms with Crippen LogP contribution in [0.5, 0.6) is 0 Å². The van der Waals surface area contributed by atoms with Crippen LogP contribution in [0.4, 0.5) is 0 Å². The molecule has 7 nitrogen and oxygen atoms in total. The molecule has 1 aliphatic heterocycles. The number of imide groups is 1. The molecule has 2 aromatic carbocycles. The summed E-state index contributed by atoms with van der Waals surface area (Å²) < 4.78 is 0. The molecule has 0 aromatic heterocycles. The van der Waals surface area contributed by atoms with Gasteiger partial charge >= 0.3 is 0 Å². The minimum absolute atomic E-state index is 0.0347. The van der Waals surface area contributed by atoms with Gasteiger partial charge in [-0.1, -0.05) is 24.3 Å². The maximum absolute atomic E-state index is 12.7. The zero-order chi connectivity index (χ0) is 22.5. The molecular formula is C24H27N3O4. The van der Waals surface area contributed by atoms with Gasteiger partial charge in [-0.25, -0.2) is 0 Å². The lowest BCUT2D eigenvalue weighted by molar-refractivity contribution is -0.131. The zero-order valence-corrected chi connectivity index (χ0v) is 18.1. The number of hydrogen-bond acceptors (Lipinski definition) is 4. The third-order valence-corrected chi connectivity index (χ3v) is 5.37. The van der Waals surface area contributed by atoms with E-state index >= 15 is 0 Å².